The predicted octanol–water partition coefficient (Wildman–Crippen LogP) is 4.31. The first-order chi connectivity index (χ1) is 17.0. The third-order valence-corrected chi connectivity index (χ3v) is 7.80. The minimum atomic E-state index is -0.260. The maximum absolute atomic E-state index is 13.2. The molecule has 0 aliphatic heterocycles. The highest BCUT2D eigenvalue weighted by Gasteiger charge is 2.35. The zero-order chi connectivity index (χ0) is 24.4. The lowest BCUT2D eigenvalue weighted by atomic mass is 9.85. The standard InChI is InChI=1S/C26H29N5O3S/c1-2-3-10-29-25(34)22-18-13-16(6-9-21(18)35-26(22)31-23(32)15-4-5-15)24(33)30-17-7-8-19-20(14-17)28-12-11-27-19/h7-8,11-12,14-16H,2-6,9-10,13H2,1H3,(H,29,34)(H,30,33)(H,31,32). The number of aromatic nitrogens is 2. The van der Waals surface area contributed by atoms with E-state index in [0.29, 0.717) is 42.1 Å². The summed E-state index contributed by atoms with van der Waals surface area (Å²) < 4.78 is 0. The highest BCUT2D eigenvalue weighted by Crippen LogP contribution is 2.41. The highest BCUT2D eigenvalue weighted by molar-refractivity contribution is 7.17. The van der Waals surface area contributed by atoms with E-state index in [1.165, 1.54) is 11.3 Å². The number of thiophene rings is 1. The van der Waals surface area contributed by atoms with Crippen LogP contribution >= 0.6 is 11.3 Å². The van der Waals surface area contributed by atoms with E-state index in [1.807, 2.05) is 18.2 Å². The topological polar surface area (TPSA) is 113 Å². The van der Waals surface area contributed by atoms with Crippen LogP contribution in [0.5, 0.6) is 0 Å². The van der Waals surface area contributed by atoms with Crippen LogP contribution in [-0.2, 0) is 22.4 Å². The number of carbonyl (C=O) groups excluding carboxylic acids is 3. The summed E-state index contributed by atoms with van der Waals surface area (Å²) in [5.74, 6) is -0.471. The van der Waals surface area contributed by atoms with Gasteiger partial charge in [-0.15, -0.1) is 11.3 Å². The van der Waals surface area contributed by atoms with Crippen molar-refractivity contribution in [2.24, 2.45) is 11.8 Å². The predicted molar refractivity (Wildman–Crippen MR) is 137 cm³/mol. The first kappa shape index (κ1) is 23.4. The van der Waals surface area contributed by atoms with Gasteiger partial charge in [-0.05, 0) is 62.3 Å². The summed E-state index contributed by atoms with van der Waals surface area (Å²) in [6, 6.07) is 5.48. The fourth-order valence-electron chi connectivity index (χ4n) is 4.45. The van der Waals surface area contributed by atoms with Crippen LogP contribution in [0.1, 0.15) is 59.8 Å². The molecule has 1 saturated carbocycles. The molecule has 3 N–H and O–H groups in total. The number of nitrogens with zero attached hydrogens (tertiary/aromatic N) is 2. The van der Waals surface area contributed by atoms with Crippen molar-refractivity contribution < 1.29 is 14.4 Å². The normalized spacial score (nSPS) is 17.0. The Kier molecular flexibility index (Phi) is 6.77. The van der Waals surface area contributed by atoms with Crippen LogP contribution in [-0.4, -0.2) is 34.2 Å². The third-order valence-electron chi connectivity index (χ3n) is 6.60. The molecule has 2 aliphatic rings. The summed E-state index contributed by atoms with van der Waals surface area (Å²) >= 11 is 1.48. The van der Waals surface area contributed by atoms with Crippen molar-refractivity contribution in [2.75, 3.05) is 17.2 Å². The zero-order valence-corrected chi connectivity index (χ0v) is 20.5. The molecule has 8 nitrogen and oxygen atoms in total. The molecule has 1 atom stereocenters. The highest BCUT2D eigenvalue weighted by atomic mass is 32.1. The van der Waals surface area contributed by atoms with Crippen molar-refractivity contribution >= 4 is 50.8 Å². The average Bonchev–Trinajstić information content (AvgIpc) is 3.65. The SMILES string of the molecule is CCCCNC(=O)c1c(NC(=O)C2CC2)sc2c1CC(C(=O)Nc1ccc3nccnc3c1)CC2. The Morgan fingerprint density at radius 3 is 2.54 bits per heavy atom. The van der Waals surface area contributed by atoms with Gasteiger partial charge in [0.1, 0.15) is 5.00 Å². The number of unbranched alkanes of at least 4 members (excludes halogenated alkanes) is 1. The van der Waals surface area contributed by atoms with Gasteiger partial charge in [0.05, 0.1) is 16.6 Å². The van der Waals surface area contributed by atoms with Crippen molar-refractivity contribution in [1.82, 2.24) is 15.3 Å². The number of rotatable bonds is 8. The Morgan fingerprint density at radius 1 is 1.00 bits per heavy atom. The second-order valence-corrected chi connectivity index (χ2v) is 10.4. The molecule has 3 amide bonds. The molecule has 182 valence electrons. The number of hydrogen-bond acceptors (Lipinski definition) is 6. The lowest BCUT2D eigenvalue weighted by Gasteiger charge is -2.22. The molecular formula is C26H29N5O3S. The number of benzene rings is 1. The molecule has 0 saturated heterocycles. The van der Waals surface area contributed by atoms with E-state index in [2.05, 4.69) is 32.8 Å². The van der Waals surface area contributed by atoms with Gasteiger partial charge in [-0.25, -0.2) is 0 Å². The molecule has 0 spiro atoms. The lowest BCUT2D eigenvalue weighted by Crippen LogP contribution is -2.30. The average molecular weight is 492 g/mol. The molecule has 2 aromatic heterocycles. The van der Waals surface area contributed by atoms with Crippen LogP contribution in [0.4, 0.5) is 10.7 Å². The van der Waals surface area contributed by atoms with Crippen LogP contribution < -0.4 is 16.0 Å². The van der Waals surface area contributed by atoms with Crippen molar-refractivity contribution in [3.05, 3.63) is 46.6 Å². The fraction of sp³-hybridized carbons (Fsp3) is 0.423. The van der Waals surface area contributed by atoms with E-state index in [4.69, 9.17) is 0 Å². The summed E-state index contributed by atoms with van der Waals surface area (Å²) in [5.41, 5.74) is 3.59. The van der Waals surface area contributed by atoms with E-state index in [-0.39, 0.29) is 29.6 Å². The number of aryl methyl sites for hydroxylation is 1. The molecule has 0 bridgehead atoms. The first-order valence-electron chi connectivity index (χ1n) is 12.3. The minimum Gasteiger partial charge on any atom is -0.352 e. The van der Waals surface area contributed by atoms with Crippen LogP contribution in [0, 0.1) is 11.8 Å². The molecule has 0 radical (unpaired) electrons. The second-order valence-electron chi connectivity index (χ2n) is 9.27. The molecule has 5 rings (SSSR count). The first-order valence-corrected chi connectivity index (χ1v) is 13.1. The van der Waals surface area contributed by atoms with Crippen LogP contribution in [0.15, 0.2) is 30.6 Å². The number of carbonyl (C=O) groups is 3. The van der Waals surface area contributed by atoms with Gasteiger partial charge in [0, 0.05) is 41.3 Å². The second kappa shape index (κ2) is 10.1. The number of amides is 3. The van der Waals surface area contributed by atoms with Crippen molar-refractivity contribution in [2.45, 2.75) is 51.9 Å². The van der Waals surface area contributed by atoms with Gasteiger partial charge in [0.25, 0.3) is 5.91 Å². The smallest absolute Gasteiger partial charge is 0.254 e. The van der Waals surface area contributed by atoms with Gasteiger partial charge in [0.15, 0.2) is 0 Å². The van der Waals surface area contributed by atoms with Gasteiger partial charge in [-0.2, -0.15) is 0 Å². The summed E-state index contributed by atoms with van der Waals surface area (Å²) in [6.07, 6.45) is 8.81. The fourth-order valence-corrected chi connectivity index (χ4v) is 5.69. The van der Waals surface area contributed by atoms with E-state index >= 15 is 0 Å². The minimum absolute atomic E-state index is 0.0140. The van der Waals surface area contributed by atoms with Gasteiger partial charge >= 0.3 is 0 Å². The molecule has 1 unspecified atom stereocenters. The third kappa shape index (κ3) is 5.19. The van der Waals surface area contributed by atoms with E-state index in [9.17, 15) is 14.4 Å². The lowest BCUT2D eigenvalue weighted by molar-refractivity contribution is -0.120. The van der Waals surface area contributed by atoms with Gasteiger partial charge in [0.2, 0.25) is 11.8 Å². The van der Waals surface area contributed by atoms with Crippen LogP contribution in [0.3, 0.4) is 0 Å². The molecular weight excluding hydrogens is 462 g/mol. The Morgan fingerprint density at radius 2 is 1.77 bits per heavy atom. The quantitative estimate of drug-likeness (QED) is 0.406. The van der Waals surface area contributed by atoms with Crippen molar-refractivity contribution in [3.63, 3.8) is 0 Å². The summed E-state index contributed by atoms with van der Waals surface area (Å²) in [4.78, 5) is 48.5. The zero-order valence-electron chi connectivity index (χ0n) is 19.7. The largest absolute Gasteiger partial charge is 0.352 e. The summed E-state index contributed by atoms with van der Waals surface area (Å²) in [7, 11) is 0. The summed E-state index contributed by atoms with van der Waals surface area (Å²) in [6.45, 7) is 2.66. The monoisotopic (exact) mass is 491 g/mol. The Balaban J connectivity index is 1.35. The van der Waals surface area contributed by atoms with Gasteiger partial charge in [-0.1, -0.05) is 13.3 Å². The van der Waals surface area contributed by atoms with E-state index in [0.717, 1.165) is 47.2 Å². The molecule has 2 heterocycles. The maximum Gasteiger partial charge on any atom is 0.254 e. The Labute approximate surface area is 207 Å². The van der Waals surface area contributed by atoms with Gasteiger partial charge < -0.3 is 16.0 Å². The molecule has 35 heavy (non-hydrogen) atoms. The number of nitrogens with one attached hydrogen (secondary N) is 3. The van der Waals surface area contributed by atoms with E-state index < -0.39 is 0 Å². The number of fused-ring (bicyclic) bond motifs is 2. The van der Waals surface area contributed by atoms with E-state index in [1.54, 1.807) is 12.4 Å². The molecule has 3 aromatic rings. The molecule has 1 fully saturated rings. The van der Waals surface area contributed by atoms with Gasteiger partial charge in [-0.3, -0.25) is 24.4 Å². The van der Waals surface area contributed by atoms with Crippen LogP contribution in [0.25, 0.3) is 11.0 Å². The Hall–Kier alpha value is -3.33. The number of hydrogen-bond donors (Lipinski definition) is 3. The molecule has 9 heteroatoms. The van der Waals surface area contributed by atoms with Crippen molar-refractivity contribution in [3.8, 4) is 0 Å². The van der Waals surface area contributed by atoms with Crippen LogP contribution in [0.2, 0.25) is 0 Å². The Bertz CT molecular complexity index is 1280. The maximum atomic E-state index is 13.2. The van der Waals surface area contributed by atoms with Crippen molar-refractivity contribution in [1.29, 1.82) is 0 Å². The summed E-state index contributed by atoms with van der Waals surface area (Å²) in [5, 5.41) is 9.64. The number of anilines is 2. The molecule has 2 aliphatic carbocycles. The molecule has 1 aromatic carbocycles.